The Labute approximate surface area is 133 Å². The molecule has 0 radical (unpaired) electrons. The van der Waals surface area contributed by atoms with Crippen molar-refractivity contribution >= 4 is 28.3 Å². The van der Waals surface area contributed by atoms with Crippen LogP contribution in [0.25, 0.3) is 0 Å². The third-order valence-corrected chi connectivity index (χ3v) is 6.31. The van der Waals surface area contributed by atoms with Crippen molar-refractivity contribution in [2.45, 2.75) is 38.6 Å². The number of nitrogens with zero attached hydrogens (tertiary/aromatic N) is 2. The number of hydrogen-bond acceptors (Lipinski definition) is 4. The van der Waals surface area contributed by atoms with Gasteiger partial charge in [-0.1, -0.05) is 6.92 Å². The second-order valence-electron chi connectivity index (χ2n) is 5.76. The van der Waals surface area contributed by atoms with Crippen molar-refractivity contribution in [2.75, 3.05) is 31.9 Å². The molecule has 0 aromatic carbocycles. The maximum absolute atomic E-state index is 12.5. The molecular weight excluding hydrogens is 314 g/mol. The summed E-state index contributed by atoms with van der Waals surface area (Å²) < 4.78 is 25.9. The zero-order chi connectivity index (χ0) is 14.8. The molecule has 0 aromatic heterocycles. The quantitative estimate of drug-likeness (QED) is 0.786. The molecule has 2 N–H and O–H groups in total. The van der Waals surface area contributed by atoms with Crippen LogP contribution in [0.2, 0.25) is 0 Å². The summed E-state index contributed by atoms with van der Waals surface area (Å²) in [7, 11) is -3.29. The van der Waals surface area contributed by atoms with E-state index in [1.807, 2.05) is 6.92 Å². The van der Waals surface area contributed by atoms with Crippen LogP contribution >= 0.6 is 12.4 Å². The van der Waals surface area contributed by atoms with Gasteiger partial charge in [0.1, 0.15) is 6.04 Å². The maximum atomic E-state index is 12.5. The van der Waals surface area contributed by atoms with Gasteiger partial charge < -0.3 is 10.6 Å². The van der Waals surface area contributed by atoms with Crippen molar-refractivity contribution in [3.05, 3.63) is 0 Å². The minimum atomic E-state index is -3.29. The highest BCUT2D eigenvalue weighted by Crippen LogP contribution is 2.26. The molecule has 124 valence electrons. The van der Waals surface area contributed by atoms with Gasteiger partial charge >= 0.3 is 0 Å². The van der Waals surface area contributed by atoms with Gasteiger partial charge in [0.05, 0.1) is 5.75 Å². The van der Waals surface area contributed by atoms with Crippen LogP contribution in [-0.4, -0.2) is 61.5 Å². The van der Waals surface area contributed by atoms with E-state index in [-0.39, 0.29) is 24.1 Å². The fourth-order valence-electron chi connectivity index (χ4n) is 3.13. The van der Waals surface area contributed by atoms with Crippen LogP contribution in [0.4, 0.5) is 0 Å². The molecule has 0 saturated carbocycles. The van der Waals surface area contributed by atoms with E-state index < -0.39 is 16.1 Å². The molecule has 21 heavy (non-hydrogen) atoms. The van der Waals surface area contributed by atoms with Crippen LogP contribution < -0.4 is 5.73 Å². The summed E-state index contributed by atoms with van der Waals surface area (Å²) in [5, 5.41) is 0. The Morgan fingerprint density at radius 2 is 2.00 bits per heavy atom. The topological polar surface area (TPSA) is 83.7 Å². The van der Waals surface area contributed by atoms with Gasteiger partial charge in [-0.25, -0.2) is 8.42 Å². The zero-order valence-electron chi connectivity index (χ0n) is 12.5. The number of rotatable bonds is 5. The molecule has 0 spiro atoms. The number of hydrogen-bond donors (Lipinski definition) is 1. The van der Waals surface area contributed by atoms with E-state index in [9.17, 15) is 13.2 Å². The molecule has 6 nitrogen and oxygen atoms in total. The first-order valence-electron chi connectivity index (χ1n) is 7.48. The van der Waals surface area contributed by atoms with Crippen molar-refractivity contribution < 1.29 is 13.2 Å². The second-order valence-corrected chi connectivity index (χ2v) is 7.80. The minimum absolute atomic E-state index is 0. The Morgan fingerprint density at radius 1 is 1.29 bits per heavy atom. The van der Waals surface area contributed by atoms with Gasteiger partial charge in [-0.2, -0.15) is 4.31 Å². The fourth-order valence-corrected chi connectivity index (χ4v) is 4.87. The molecule has 2 fully saturated rings. The van der Waals surface area contributed by atoms with Crippen LogP contribution in [0.1, 0.15) is 32.6 Å². The number of carbonyl (C=O) groups excluding carboxylic acids is 1. The minimum Gasteiger partial charge on any atom is -0.341 e. The van der Waals surface area contributed by atoms with E-state index in [0.717, 1.165) is 12.8 Å². The van der Waals surface area contributed by atoms with Gasteiger partial charge in [-0.15, -0.1) is 12.4 Å². The lowest BCUT2D eigenvalue weighted by molar-refractivity contribution is -0.133. The van der Waals surface area contributed by atoms with Crippen molar-refractivity contribution in [3.63, 3.8) is 0 Å². The Hall–Kier alpha value is -0.370. The molecule has 2 rings (SSSR count). The van der Waals surface area contributed by atoms with Crippen molar-refractivity contribution in [1.29, 1.82) is 0 Å². The number of nitrogens with two attached hydrogens (primary N) is 1. The molecule has 0 aromatic rings. The summed E-state index contributed by atoms with van der Waals surface area (Å²) in [5.41, 5.74) is 5.64. The lowest BCUT2D eigenvalue weighted by Gasteiger charge is -2.27. The van der Waals surface area contributed by atoms with E-state index in [1.54, 1.807) is 4.90 Å². The van der Waals surface area contributed by atoms with E-state index in [4.69, 9.17) is 5.73 Å². The Bertz CT molecular complexity index is 458. The zero-order valence-corrected chi connectivity index (χ0v) is 14.2. The Kier molecular flexibility index (Phi) is 6.90. The SMILES string of the molecule is CCCS(=O)(=O)N1CCCC1C(=O)N1CCC(CN)C1.Cl. The third kappa shape index (κ3) is 4.09. The normalized spacial score (nSPS) is 26.9. The fraction of sp³-hybridized carbons (Fsp3) is 0.923. The third-order valence-electron chi connectivity index (χ3n) is 4.24. The lowest BCUT2D eigenvalue weighted by atomic mass is 10.1. The molecule has 2 aliphatic heterocycles. The summed E-state index contributed by atoms with van der Waals surface area (Å²) in [6, 6.07) is -0.483. The highest BCUT2D eigenvalue weighted by Gasteiger charge is 2.41. The van der Waals surface area contributed by atoms with E-state index in [2.05, 4.69) is 0 Å². The van der Waals surface area contributed by atoms with Crippen molar-refractivity contribution in [3.8, 4) is 0 Å². The largest absolute Gasteiger partial charge is 0.341 e. The first-order chi connectivity index (χ1) is 9.49. The monoisotopic (exact) mass is 339 g/mol. The molecule has 2 unspecified atom stereocenters. The average molecular weight is 340 g/mol. The van der Waals surface area contributed by atoms with Gasteiger partial charge in [-0.05, 0) is 38.1 Å². The molecule has 2 atom stereocenters. The first kappa shape index (κ1) is 18.7. The molecule has 2 saturated heterocycles. The first-order valence-corrected chi connectivity index (χ1v) is 9.09. The Balaban J connectivity index is 0.00000220. The molecule has 2 heterocycles. The number of carbonyl (C=O) groups is 1. The molecular formula is C13H26ClN3O3S. The van der Waals surface area contributed by atoms with Gasteiger partial charge in [0.15, 0.2) is 0 Å². The maximum Gasteiger partial charge on any atom is 0.241 e. The average Bonchev–Trinajstić information content (AvgIpc) is 3.07. The van der Waals surface area contributed by atoms with Crippen molar-refractivity contribution in [2.24, 2.45) is 11.7 Å². The second kappa shape index (κ2) is 7.76. The van der Waals surface area contributed by atoms with Gasteiger partial charge in [0, 0.05) is 19.6 Å². The molecule has 0 aliphatic carbocycles. The van der Waals surface area contributed by atoms with Gasteiger partial charge in [0.25, 0.3) is 0 Å². The number of halogens is 1. The van der Waals surface area contributed by atoms with E-state index >= 15 is 0 Å². The summed E-state index contributed by atoms with van der Waals surface area (Å²) in [6.45, 7) is 4.29. The van der Waals surface area contributed by atoms with E-state index in [0.29, 0.717) is 44.9 Å². The highest BCUT2D eigenvalue weighted by atomic mass is 35.5. The van der Waals surface area contributed by atoms with Gasteiger partial charge in [0.2, 0.25) is 15.9 Å². The number of amides is 1. The highest BCUT2D eigenvalue weighted by molar-refractivity contribution is 7.89. The van der Waals surface area contributed by atoms with E-state index in [1.165, 1.54) is 4.31 Å². The van der Waals surface area contributed by atoms with Crippen LogP contribution in [0.15, 0.2) is 0 Å². The van der Waals surface area contributed by atoms with Gasteiger partial charge in [-0.3, -0.25) is 4.79 Å². The molecule has 1 amide bonds. The predicted molar refractivity (Wildman–Crippen MR) is 84.8 cm³/mol. The molecule has 0 bridgehead atoms. The Morgan fingerprint density at radius 3 is 2.57 bits per heavy atom. The smallest absolute Gasteiger partial charge is 0.241 e. The van der Waals surface area contributed by atoms with Crippen LogP contribution in [-0.2, 0) is 14.8 Å². The molecule has 2 aliphatic rings. The summed E-state index contributed by atoms with van der Waals surface area (Å²) >= 11 is 0. The van der Waals surface area contributed by atoms with Crippen molar-refractivity contribution in [1.82, 2.24) is 9.21 Å². The van der Waals surface area contributed by atoms with Crippen LogP contribution in [0.3, 0.4) is 0 Å². The standard InChI is InChI=1S/C13H25N3O3S.ClH/c1-2-8-20(18,19)16-6-3-4-12(16)13(17)15-7-5-11(9-14)10-15;/h11-12H,2-10,14H2,1H3;1H. The summed E-state index contributed by atoms with van der Waals surface area (Å²) in [6.07, 6.45) is 2.93. The summed E-state index contributed by atoms with van der Waals surface area (Å²) in [4.78, 5) is 14.3. The number of sulfonamides is 1. The summed E-state index contributed by atoms with van der Waals surface area (Å²) in [5.74, 6) is 0.460. The number of likely N-dealkylation sites (tertiary alicyclic amines) is 1. The molecule has 8 heteroatoms. The predicted octanol–water partition coefficient (Wildman–Crippen LogP) is 0.420. The van der Waals surface area contributed by atoms with Crippen LogP contribution in [0.5, 0.6) is 0 Å². The lowest BCUT2D eigenvalue weighted by Crippen LogP contribution is -2.47. The van der Waals surface area contributed by atoms with Crippen LogP contribution in [0, 0.1) is 5.92 Å².